The Morgan fingerprint density at radius 1 is 1.71 bits per heavy atom. The van der Waals surface area contributed by atoms with E-state index >= 15 is 0 Å². The van der Waals surface area contributed by atoms with Gasteiger partial charge >= 0.3 is 0 Å². The van der Waals surface area contributed by atoms with Gasteiger partial charge in [-0.3, -0.25) is 4.79 Å². The van der Waals surface area contributed by atoms with Crippen molar-refractivity contribution in [2.75, 3.05) is 6.61 Å². The summed E-state index contributed by atoms with van der Waals surface area (Å²) in [5.74, 6) is 0.180. The molecule has 14 heavy (non-hydrogen) atoms. The Morgan fingerprint density at radius 3 is 2.64 bits per heavy atom. The number of carbonyl (C=O) groups excluding carboxylic acids is 1. The predicted octanol–water partition coefficient (Wildman–Crippen LogP) is 0.000900. The highest BCUT2D eigenvalue weighted by Crippen LogP contribution is 2.38. The zero-order valence-electron chi connectivity index (χ0n) is 8.92. The molecule has 0 aromatic rings. The van der Waals surface area contributed by atoms with Crippen LogP contribution in [-0.2, 0) is 4.79 Å². The van der Waals surface area contributed by atoms with E-state index in [9.17, 15) is 4.79 Å². The molecule has 4 heteroatoms. The first-order chi connectivity index (χ1) is 6.52. The highest BCUT2D eigenvalue weighted by atomic mass is 16.3. The molecule has 0 radical (unpaired) electrons. The maximum atomic E-state index is 11.7. The van der Waals surface area contributed by atoms with Crippen LogP contribution in [0.15, 0.2) is 0 Å². The van der Waals surface area contributed by atoms with Crippen molar-refractivity contribution in [3.8, 4) is 0 Å². The van der Waals surface area contributed by atoms with Crippen LogP contribution in [0.5, 0.6) is 0 Å². The zero-order valence-corrected chi connectivity index (χ0v) is 8.92. The van der Waals surface area contributed by atoms with Crippen molar-refractivity contribution in [1.29, 1.82) is 0 Å². The van der Waals surface area contributed by atoms with E-state index in [1.807, 2.05) is 6.92 Å². The van der Waals surface area contributed by atoms with Gasteiger partial charge in [0.25, 0.3) is 0 Å². The molecule has 4 nitrogen and oxygen atoms in total. The number of aliphatic hydroxyl groups is 1. The van der Waals surface area contributed by atoms with Crippen molar-refractivity contribution in [3.05, 3.63) is 0 Å². The molecule has 0 saturated heterocycles. The van der Waals surface area contributed by atoms with Crippen LogP contribution in [0, 0.1) is 5.92 Å². The third-order valence-electron chi connectivity index (χ3n) is 2.96. The summed E-state index contributed by atoms with van der Waals surface area (Å²) < 4.78 is 0. The molecule has 1 saturated carbocycles. The molecule has 0 aromatic carbocycles. The summed E-state index contributed by atoms with van der Waals surface area (Å²) in [5.41, 5.74) is 5.17. The molecule has 0 bridgehead atoms. The third-order valence-corrected chi connectivity index (χ3v) is 2.96. The fraction of sp³-hybridized carbons (Fsp3) is 0.900. The van der Waals surface area contributed by atoms with Crippen molar-refractivity contribution < 1.29 is 9.90 Å². The molecular formula is C10H20N2O2. The van der Waals surface area contributed by atoms with Crippen LogP contribution >= 0.6 is 0 Å². The van der Waals surface area contributed by atoms with Crippen LogP contribution in [0.4, 0.5) is 0 Å². The number of hydrogen-bond donors (Lipinski definition) is 3. The smallest absolute Gasteiger partial charge is 0.240 e. The van der Waals surface area contributed by atoms with E-state index in [-0.39, 0.29) is 18.6 Å². The molecular weight excluding hydrogens is 180 g/mol. The molecule has 0 spiro atoms. The van der Waals surface area contributed by atoms with Gasteiger partial charge in [-0.25, -0.2) is 0 Å². The number of nitrogens with one attached hydrogen (secondary N) is 1. The highest BCUT2D eigenvalue weighted by molar-refractivity contribution is 5.86. The Morgan fingerprint density at radius 2 is 2.29 bits per heavy atom. The van der Waals surface area contributed by atoms with E-state index in [2.05, 4.69) is 5.32 Å². The molecule has 4 N–H and O–H groups in total. The van der Waals surface area contributed by atoms with Gasteiger partial charge in [0.2, 0.25) is 5.91 Å². The quantitative estimate of drug-likeness (QED) is 0.585. The summed E-state index contributed by atoms with van der Waals surface area (Å²) in [7, 11) is 0. The molecule has 2 unspecified atom stereocenters. The lowest BCUT2D eigenvalue weighted by atomic mass is 9.95. The third kappa shape index (κ3) is 2.45. The molecule has 0 heterocycles. The van der Waals surface area contributed by atoms with Gasteiger partial charge in [0.1, 0.15) is 0 Å². The Kier molecular flexibility index (Phi) is 3.50. The van der Waals surface area contributed by atoms with E-state index in [1.165, 1.54) is 0 Å². The van der Waals surface area contributed by atoms with Gasteiger partial charge in [0.15, 0.2) is 0 Å². The number of hydrogen-bond acceptors (Lipinski definition) is 3. The number of nitrogens with two attached hydrogens (primary N) is 1. The zero-order chi connectivity index (χ0) is 10.8. The molecule has 82 valence electrons. The number of aliphatic hydroxyl groups excluding tert-OH is 1. The van der Waals surface area contributed by atoms with Gasteiger partial charge in [-0.15, -0.1) is 0 Å². The van der Waals surface area contributed by atoms with Gasteiger partial charge in [-0.2, -0.15) is 0 Å². The van der Waals surface area contributed by atoms with Crippen LogP contribution in [-0.4, -0.2) is 29.2 Å². The first-order valence-corrected chi connectivity index (χ1v) is 5.23. The maximum absolute atomic E-state index is 11.7. The Balaban J connectivity index is 2.47. The van der Waals surface area contributed by atoms with E-state index in [1.54, 1.807) is 6.92 Å². The highest BCUT2D eigenvalue weighted by Gasteiger charge is 2.44. The normalized spacial score (nSPS) is 22.6. The molecule has 2 atom stereocenters. The Bertz CT molecular complexity index is 208. The molecule has 1 amide bonds. The van der Waals surface area contributed by atoms with Gasteiger partial charge < -0.3 is 16.2 Å². The molecule has 1 fully saturated rings. The fourth-order valence-electron chi connectivity index (χ4n) is 1.49. The van der Waals surface area contributed by atoms with Crippen molar-refractivity contribution in [2.45, 2.75) is 44.7 Å². The predicted molar refractivity (Wildman–Crippen MR) is 54.6 cm³/mol. The molecule has 1 rings (SSSR count). The van der Waals surface area contributed by atoms with E-state index < -0.39 is 5.54 Å². The number of amides is 1. The van der Waals surface area contributed by atoms with Gasteiger partial charge in [0.05, 0.1) is 18.2 Å². The van der Waals surface area contributed by atoms with Crippen LogP contribution in [0.2, 0.25) is 0 Å². The standard InChI is InChI=1S/C10H20N2O2/c1-3-8(6-13)12-9(14)10(2,11)7-4-5-7/h7-8,13H,3-6,11H2,1-2H3,(H,12,14). The van der Waals surface area contributed by atoms with E-state index in [0.29, 0.717) is 5.92 Å². The number of rotatable bonds is 5. The molecule has 1 aliphatic rings. The maximum Gasteiger partial charge on any atom is 0.240 e. The summed E-state index contributed by atoms with van der Waals surface area (Å²) in [6.45, 7) is 3.67. The average molecular weight is 200 g/mol. The minimum absolute atomic E-state index is 0.0248. The van der Waals surface area contributed by atoms with E-state index in [0.717, 1.165) is 19.3 Å². The van der Waals surface area contributed by atoms with Gasteiger partial charge in [0, 0.05) is 0 Å². The first-order valence-electron chi connectivity index (χ1n) is 5.23. The molecule has 0 aliphatic heterocycles. The topological polar surface area (TPSA) is 75.3 Å². The Hall–Kier alpha value is -0.610. The summed E-state index contributed by atoms with van der Waals surface area (Å²) in [4.78, 5) is 11.7. The van der Waals surface area contributed by atoms with Crippen molar-refractivity contribution in [1.82, 2.24) is 5.32 Å². The lowest BCUT2D eigenvalue weighted by molar-refractivity contribution is -0.127. The summed E-state index contributed by atoms with van der Waals surface area (Å²) in [5, 5.41) is 11.7. The minimum atomic E-state index is -0.761. The molecule has 1 aliphatic carbocycles. The van der Waals surface area contributed by atoms with Gasteiger partial charge in [-0.1, -0.05) is 6.92 Å². The first kappa shape index (κ1) is 11.5. The van der Waals surface area contributed by atoms with Crippen LogP contribution in [0.1, 0.15) is 33.1 Å². The SMILES string of the molecule is CCC(CO)NC(=O)C(C)(N)C1CC1. The Labute approximate surface area is 84.9 Å². The molecule has 0 aromatic heterocycles. The monoisotopic (exact) mass is 200 g/mol. The second-order valence-corrected chi connectivity index (χ2v) is 4.32. The summed E-state index contributed by atoms with van der Waals surface area (Å²) >= 11 is 0. The lowest BCUT2D eigenvalue weighted by Crippen LogP contribution is -2.56. The minimum Gasteiger partial charge on any atom is -0.394 e. The van der Waals surface area contributed by atoms with E-state index in [4.69, 9.17) is 10.8 Å². The summed E-state index contributed by atoms with van der Waals surface area (Å²) in [6, 6.07) is -0.163. The van der Waals surface area contributed by atoms with Crippen molar-refractivity contribution >= 4 is 5.91 Å². The van der Waals surface area contributed by atoms with Crippen LogP contribution in [0.25, 0.3) is 0 Å². The largest absolute Gasteiger partial charge is 0.394 e. The lowest BCUT2D eigenvalue weighted by Gasteiger charge is -2.26. The van der Waals surface area contributed by atoms with Crippen molar-refractivity contribution in [2.24, 2.45) is 11.7 Å². The summed E-state index contributed by atoms with van der Waals surface area (Å²) in [6.07, 6.45) is 2.80. The second kappa shape index (κ2) is 4.28. The second-order valence-electron chi connectivity index (χ2n) is 4.32. The van der Waals surface area contributed by atoms with Crippen molar-refractivity contribution in [3.63, 3.8) is 0 Å². The number of carbonyl (C=O) groups is 1. The fourth-order valence-corrected chi connectivity index (χ4v) is 1.49. The van der Waals surface area contributed by atoms with Crippen LogP contribution in [0.3, 0.4) is 0 Å². The average Bonchev–Trinajstić information content (AvgIpc) is 2.96. The van der Waals surface area contributed by atoms with Gasteiger partial charge in [-0.05, 0) is 32.1 Å². The van der Waals surface area contributed by atoms with Crippen LogP contribution < -0.4 is 11.1 Å².